The molecule has 0 unspecified atom stereocenters. The highest BCUT2D eigenvalue weighted by Gasteiger charge is 2.11. The van der Waals surface area contributed by atoms with Crippen molar-refractivity contribution in [3.8, 4) is 5.69 Å². The first kappa shape index (κ1) is 15.8. The van der Waals surface area contributed by atoms with Gasteiger partial charge in [0.1, 0.15) is 0 Å². The fraction of sp³-hybridized carbons (Fsp3) is 0.375. The lowest BCUT2D eigenvalue weighted by Gasteiger charge is -2.09. The molecule has 4 nitrogen and oxygen atoms in total. The quantitative estimate of drug-likeness (QED) is 0.915. The fourth-order valence-corrected chi connectivity index (χ4v) is 2.28. The van der Waals surface area contributed by atoms with Crippen molar-refractivity contribution in [2.45, 2.75) is 27.7 Å². The lowest BCUT2D eigenvalue weighted by atomic mass is 10.1. The first-order chi connectivity index (χ1) is 9.90. The van der Waals surface area contributed by atoms with Crippen LogP contribution in [0.1, 0.15) is 35.6 Å². The molecule has 0 aliphatic heterocycles. The van der Waals surface area contributed by atoms with Crippen LogP contribution in [-0.2, 0) is 0 Å². The number of hydrogen-bond acceptors (Lipinski definition) is 2. The van der Waals surface area contributed by atoms with Gasteiger partial charge in [-0.05, 0) is 60.0 Å². The van der Waals surface area contributed by atoms with Gasteiger partial charge < -0.3 is 5.32 Å². The molecular weight excluding hydrogens is 330 g/mol. The maximum absolute atomic E-state index is 12.0. The summed E-state index contributed by atoms with van der Waals surface area (Å²) in [7, 11) is 0. The largest absolute Gasteiger partial charge is 0.352 e. The third-order valence-electron chi connectivity index (χ3n) is 3.25. The van der Waals surface area contributed by atoms with Crippen LogP contribution in [0, 0.1) is 19.8 Å². The van der Waals surface area contributed by atoms with Crippen LogP contribution in [0.25, 0.3) is 5.69 Å². The molecule has 21 heavy (non-hydrogen) atoms. The van der Waals surface area contributed by atoms with Gasteiger partial charge in [-0.25, -0.2) is 4.68 Å². The van der Waals surface area contributed by atoms with Crippen molar-refractivity contribution in [1.82, 2.24) is 15.1 Å². The molecule has 2 rings (SSSR count). The molecule has 1 N–H and O–H groups in total. The number of halogens is 1. The molecule has 1 heterocycles. The van der Waals surface area contributed by atoms with E-state index in [2.05, 4.69) is 40.2 Å². The van der Waals surface area contributed by atoms with Crippen molar-refractivity contribution >= 4 is 21.8 Å². The van der Waals surface area contributed by atoms with Crippen LogP contribution in [0.15, 0.2) is 28.7 Å². The van der Waals surface area contributed by atoms with Crippen LogP contribution in [0.4, 0.5) is 0 Å². The second kappa shape index (κ2) is 6.43. The summed E-state index contributed by atoms with van der Waals surface area (Å²) in [5.41, 5.74) is 3.61. The number of aryl methyl sites for hydroxylation is 1. The normalized spacial score (nSPS) is 11.0. The van der Waals surface area contributed by atoms with Crippen molar-refractivity contribution in [3.05, 3.63) is 45.7 Å². The number of carbonyl (C=O) groups excluding carboxylic acids is 1. The summed E-state index contributed by atoms with van der Waals surface area (Å²) < 4.78 is 2.89. The molecule has 0 fully saturated rings. The smallest absolute Gasteiger partial charge is 0.251 e. The van der Waals surface area contributed by atoms with Crippen LogP contribution in [0.5, 0.6) is 0 Å². The van der Waals surface area contributed by atoms with E-state index in [4.69, 9.17) is 0 Å². The summed E-state index contributed by atoms with van der Waals surface area (Å²) in [6.07, 6.45) is 0. The number of amides is 1. The molecule has 1 amide bonds. The van der Waals surface area contributed by atoms with Crippen LogP contribution in [-0.4, -0.2) is 22.2 Å². The Morgan fingerprint density at radius 3 is 2.38 bits per heavy atom. The zero-order valence-electron chi connectivity index (χ0n) is 12.8. The molecule has 2 aromatic rings. The minimum Gasteiger partial charge on any atom is -0.352 e. The summed E-state index contributed by atoms with van der Waals surface area (Å²) >= 11 is 3.52. The van der Waals surface area contributed by atoms with Crippen LogP contribution < -0.4 is 5.32 Å². The van der Waals surface area contributed by atoms with E-state index in [-0.39, 0.29) is 5.91 Å². The third kappa shape index (κ3) is 3.53. The van der Waals surface area contributed by atoms with Gasteiger partial charge in [-0.1, -0.05) is 13.8 Å². The monoisotopic (exact) mass is 349 g/mol. The van der Waals surface area contributed by atoms with Gasteiger partial charge in [0.25, 0.3) is 5.91 Å². The molecule has 0 aliphatic rings. The zero-order valence-corrected chi connectivity index (χ0v) is 14.4. The number of benzene rings is 1. The molecule has 0 spiro atoms. The Bertz CT molecular complexity index is 644. The number of rotatable bonds is 4. The van der Waals surface area contributed by atoms with E-state index in [0.29, 0.717) is 18.0 Å². The van der Waals surface area contributed by atoms with Crippen molar-refractivity contribution in [3.63, 3.8) is 0 Å². The Hall–Kier alpha value is -1.62. The highest BCUT2D eigenvalue weighted by atomic mass is 79.9. The highest BCUT2D eigenvalue weighted by molar-refractivity contribution is 9.10. The Balaban J connectivity index is 2.19. The summed E-state index contributed by atoms with van der Waals surface area (Å²) in [6.45, 7) is 8.80. The van der Waals surface area contributed by atoms with E-state index in [1.807, 2.05) is 42.8 Å². The molecular formula is C16H20BrN3O. The molecule has 0 atom stereocenters. The van der Waals surface area contributed by atoms with Gasteiger partial charge in [-0.3, -0.25) is 4.79 Å². The molecule has 0 bridgehead atoms. The molecule has 0 saturated carbocycles. The van der Waals surface area contributed by atoms with E-state index in [0.717, 1.165) is 21.5 Å². The van der Waals surface area contributed by atoms with Gasteiger partial charge in [-0.2, -0.15) is 5.10 Å². The molecule has 1 aromatic carbocycles. The molecule has 1 aromatic heterocycles. The van der Waals surface area contributed by atoms with Gasteiger partial charge >= 0.3 is 0 Å². The molecule has 5 heteroatoms. The lowest BCUT2D eigenvalue weighted by molar-refractivity contribution is 0.0949. The number of hydrogen-bond donors (Lipinski definition) is 1. The van der Waals surface area contributed by atoms with E-state index < -0.39 is 0 Å². The SMILES string of the molecule is Cc1nn(-c2ccc(C(=O)NCC(C)C)cc2)c(C)c1Br. The van der Waals surface area contributed by atoms with E-state index in [9.17, 15) is 4.79 Å². The summed E-state index contributed by atoms with van der Waals surface area (Å²) in [5, 5.41) is 7.40. The third-order valence-corrected chi connectivity index (χ3v) is 4.40. The molecule has 0 saturated heterocycles. The van der Waals surface area contributed by atoms with E-state index >= 15 is 0 Å². The average Bonchev–Trinajstić information content (AvgIpc) is 2.72. The number of aromatic nitrogens is 2. The predicted molar refractivity (Wildman–Crippen MR) is 87.9 cm³/mol. The second-order valence-electron chi connectivity index (χ2n) is 5.55. The second-order valence-corrected chi connectivity index (χ2v) is 6.34. The summed E-state index contributed by atoms with van der Waals surface area (Å²) in [4.78, 5) is 12.0. The van der Waals surface area contributed by atoms with E-state index in [1.165, 1.54) is 0 Å². The van der Waals surface area contributed by atoms with Gasteiger partial charge in [0.2, 0.25) is 0 Å². The van der Waals surface area contributed by atoms with Gasteiger partial charge in [0.15, 0.2) is 0 Å². The van der Waals surface area contributed by atoms with Crippen molar-refractivity contribution in [2.24, 2.45) is 5.92 Å². The number of nitrogens with one attached hydrogen (secondary N) is 1. The minimum absolute atomic E-state index is 0.0372. The highest BCUT2D eigenvalue weighted by Crippen LogP contribution is 2.23. The van der Waals surface area contributed by atoms with Crippen molar-refractivity contribution in [1.29, 1.82) is 0 Å². The summed E-state index contributed by atoms with van der Waals surface area (Å²) in [6, 6.07) is 7.48. The standard InChI is InChI=1S/C16H20BrN3O/c1-10(2)9-18-16(21)13-5-7-14(8-6-13)20-12(4)15(17)11(3)19-20/h5-8,10H,9H2,1-4H3,(H,18,21). The van der Waals surface area contributed by atoms with Crippen molar-refractivity contribution < 1.29 is 4.79 Å². The topological polar surface area (TPSA) is 46.9 Å². The Labute approximate surface area is 133 Å². The maximum Gasteiger partial charge on any atom is 0.251 e. The first-order valence-corrected chi connectivity index (χ1v) is 7.79. The number of nitrogens with zero attached hydrogens (tertiary/aromatic N) is 2. The zero-order chi connectivity index (χ0) is 15.6. The average molecular weight is 350 g/mol. The fourth-order valence-electron chi connectivity index (χ4n) is 2.03. The first-order valence-electron chi connectivity index (χ1n) is 7.00. The van der Waals surface area contributed by atoms with E-state index in [1.54, 1.807) is 0 Å². The minimum atomic E-state index is -0.0372. The van der Waals surface area contributed by atoms with Gasteiger partial charge in [0.05, 0.1) is 21.5 Å². The Morgan fingerprint density at radius 2 is 1.90 bits per heavy atom. The molecule has 0 radical (unpaired) electrons. The Kier molecular flexibility index (Phi) is 4.83. The maximum atomic E-state index is 12.0. The van der Waals surface area contributed by atoms with Crippen LogP contribution >= 0.6 is 15.9 Å². The van der Waals surface area contributed by atoms with Gasteiger partial charge in [-0.15, -0.1) is 0 Å². The molecule has 112 valence electrons. The lowest BCUT2D eigenvalue weighted by Crippen LogP contribution is -2.27. The van der Waals surface area contributed by atoms with Crippen molar-refractivity contribution in [2.75, 3.05) is 6.54 Å². The molecule has 0 aliphatic carbocycles. The predicted octanol–water partition coefficient (Wildman–Crippen LogP) is 3.64. The van der Waals surface area contributed by atoms with Gasteiger partial charge in [0, 0.05) is 12.1 Å². The van der Waals surface area contributed by atoms with Crippen LogP contribution in [0.3, 0.4) is 0 Å². The summed E-state index contributed by atoms with van der Waals surface area (Å²) in [5.74, 6) is 0.407. The Morgan fingerprint density at radius 1 is 1.29 bits per heavy atom. The number of carbonyl (C=O) groups is 1. The van der Waals surface area contributed by atoms with Crippen LogP contribution in [0.2, 0.25) is 0 Å².